The average molecular weight is 336 g/mol. The van der Waals surface area contributed by atoms with Crippen molar-refractivity contribution < 1.29 is 4.79 Å². The van der Waals surface area contributed by atoms with Gasteiger partial charge < -0.3 is 9.47 Å². The van der Waals surface area contributed by atoms with Gasteiger partial charge in [0, 0.05) is 55.4 Å². The lowest BCUT2D eigenvalue weighted by molar-refractivity contribution is -0.137. The Hall–Kier alpha value is -2.89. The summed E-state index contributed by atoms with van der Waals surface area (Å²) in [6.07, 6.45) is 4.06. The highest BCUT2D eigenvalue weighted by Gasteiger charge is 2.31. The van der Waals surface area contributed by atoms with Crippen molar-refractivity contribution in [1.29, 1.82) is 0 Å². The Kier molecular flexibility index (Phi) is 3.87. The van der Waals surface area contributed by atoms with E-state index in [1.165, 1.54) is 10.7 Å². The fraction of sp³-hybridized carbons (Fsp3) is 0.316. The lowest BCUT2D eigenvalue weighted by Crippen LogP contribution is -2.52. The van der Waals surface area contributed by atoms with Crippen molar-refractivity contribution in [3.05, 3.63) is 64.7 Å². The third-order valence-corrected chi connectivity index (χ3v) is 4.85. The Morgan fingerprint density at radius 2 is 2.00 bits per heavy atom. The molecule has 1 amide bonds. The van der Waals surface area contributed by atoms with Crippen LogP contribution < -0.4 is 5.56 Å². The van der Waals surface area contributed by atoms with Crippen LogP contribution in [0.5, 0.6) is 0 Å². The first kappa shape index (κ1) is 15.6. The molecule has 3 aromatic rings. The number of carbonyl (C=O) groups excluding carboxylic acids is 1. The minimum Gasteiger partial charge on any atom is -0.350 e. The number of aryl methyl sites for hydroxylation is 1. The molecule has 0 N–H and O–H groups in total. The number of likely N-dealkylation sites (tertiary alicyclic amines) is 1. The lowest BCUT2D eigenvalue weighted by Gasteiger charge is -2.39. The number of aromatic nitrogens is 3. The summed E-state index contributed by atoms with van der Waals surface area (Å²) in [5.41, 5.74) is 2.11. The first-order valence-corrected chi connectivity index (χ1v) is 8.44. The molecule has 0 aliphatic carbocycles. The Bertz CT molecular complexity index is 982. The summed E-state index contributed by atoms with van der Waals surface area (Å²) in [6.45, 7) is 1.94. The highest BCUT2D eigenvalue weighted by atomic mass is 16.2. The van der Waals surface area contributed by atoms with Crippen molar-refractivity contribution in [3.63, 3.8) is 0 Å². The molecule has 128 valence electrons. The Labute approximate surface area is 145 Å². The molecule has 0 radical (unpaired) electrons. The molecule has 25 heavy (non-hydrogen) atoms. The second-order valence-electron chi connectivity index (χ2n) is 6.67. The van der Waals surface area contributed by atoms with E-state index in [1.807, 2.05) is 30.3 Å². The van der Waals surface area contributed by atoms with Crippen molar-refractivity contribution in [2.75, 3.05) is 13.1 Å². The lowest BCUT2D eigenvalue weighted by atomic mass is 9.98. The maximum Gasteiger partial charge on any atom is 0.266 e. The van der Waals surface area contributed by atoms with Crippen molar-refractivity contribution in [2.45, 2.75) is 13.0 Å². The van der Waals surface area contributed by atoms with Crippen LogP contribution in [0, 0.1) is 5.92 Å². The molecule has 1 aromatic carbocycles. The largest absolute Gasteiger partial charge is 0.350 e. The van der Waals surface area contributed by atoms with Crippen LogP contribution in [0.25, 0.3) is 10.9 Å². The van der Waals surface area contributed by atoms with E-state index in [0.717, 1.165) is 16.5 Å². The van der Waals surface area contributed by atoms with Gasteiger partial charge in [0.1, 0.15) is 0 Å². The molecule has 1 aliphatic heterocycles. The zero-order chi connectivity index (χ0) is 17.4. The smallest absolute Gasteiger partial charge is 0.266 e. The van der Waals surface area contributed by atoms with Crippen molar-refractivity contribution in [3.8, 4) is 0 Å². The molecule has 1 aliphatic rings. The Morgan fingerprint density at radius 3 is 2.80 bits per heavy atom. The Morgan fingerprint density at radius 1 is 1.20 bits per heavy atom. The molecule has 4 rings (SSSR count). The first-order valence-electron chi connectivity index (χ1n) is 8.44. The van der Waals surface area contributed by atoms with E-state index >= 15 is 0 Å². The summed E-state index contributed by atoms with van der Waals surface area (Å²) >= 11 is 0. The average Bonchev–Trinajstić information content (AvgIpc) is 2.88. The number of fused-ring (bicyclic) bond motifs is 1. The van der Waals surface area contributed by atoms with Gasteiger partial charge in [-0.2, -0.15) is 5.10 Å². The van der Waals surface area contributed by atoms with Crippen LogP contribution in [0.4, 0.5) is 0 Å². The minimum atomic E-state index is -0.0944. The second kappa shape index (κ2) is 6.20. The van der Waals surface area contributed by atoms with Crippen molar-refractivity contribution >= 4 is 16.8 Å². The summed E-state index contributed by atoms with van der Waals surface area (Å²) in [4.78, 5) is 26.1. The molecule has 2 aromatic heterocycles. The van der Waals surface area contributed by atoms with E-state index < -0.39 is 0 Å². The fourth-order valence-electron chi connectivity index (χ4n) is 3.50. The number of benzene rings is 1. The molecule has 0 atom stereocenters. The number of hydrogen-bond donors (Lipinski definition) is 0. The van der Waals surface area contributed by atoms with Gasteiger partial charge in [-0.05, 0) is 17.7 Å². The highest BCUT2D eigenvalue weighted by molar-refractivity contribution is 5.89. The van der Waals surface area contributed by atoms with Crippen LogP contribution in [-0.2, 0) is 24.8 Å². The molecule has 1 saturated heterocycles. The standard InChI is InChI=1S/C19H20N4O2/c1-21-13-15(16-5-2-3-6-17(16)21)9-19(25)22-10-14(11-22)12-23-18(24)7-4-8-20-23/h2-8,13-14H,9-12H2,1H3. The van der Waals surface area contributed by atoms with E-state index in [-0.39, 0.29) is 11.5 Å². The van der Waals surface area contributed by atoms with Crippen LogP contribution in [-0.4, -0.2) is 38.2 Å². The number of rotatable bonds is 4. The summed E-state index contributed by atoms with van der Waals surface area (Å²) in [5.74, 6) is 0.435. The number of hydrogen-bond acceptors (Lipinski definition) is 3. The van der Waals surface area contributed by atoms with Crippen LogP contribution in [0.15, 0.2) is 53.6 Å². The minimum absolute atomic E-state index is 0.0944. The number of carbonyl (C=O) groups is 1. The molecule has 6 heteroatoms. The van der Waals surface area contributed by atoms with Gasteiger partial charge >= 0.3 is 0 Å². The SMILES string of the molecule is Cn1cc(CC(=O)N2CC(Cn3ncccc3=O)C2)c2ccccc21. The van der Waals surface area contributed by atoms with Crippen molar-refractivity contribution in [1.82, 2.24) is 19.2 Å². The monoisotopic (exact) mass is 336 g/mol. The van der Waals surface area contributed by atoms with Crippen LogP contribution in [0.2, 0.25) is 0 Å². The molecular formula is C19H20N4O2. The predicted molar refractivity (Wildman–Crippen MR) is 95.2 cm³/mol. The first-order chi connectivity index (χ1) is 12.1. The van der Waals surface area contributed by atoms with Gasteiger partial charge in [0.25, 0.3) is 5.56 Å². The maximum absolute atomic E-state index is 12.5. The van der Waals surface area contributed by atoms with E-state index in [0.29, 0.717) is 32.0 Å². The van der Waals surface area contributed by atoms with Crippen LogP contribution in [0.3, 0.4) is 0 Å². The third kappa shape index (κ3) is 2.95. The number of amides is 1. The van der Waals surface area contributed by atoms with Gasteiger partial charge in [0.05, 0.1) is 13.0 Å². The third-order valence-electron chi connectivity index (χ3n) is 4.85. The van der Waals surface area contributed by atoms with Gasteiger partial charge in [-0.25, -0.2) is 4.68 Å². The summed E-state index contributed by atoms with van der Waals surface area (Å²) < 4.78 is 3.53. The molecule has 0 saturated carbocycles. The zero-order valence-corrected chi connectivity index (χ0v) is 14.1. The van der Waals surface area contributed by atoms with Crippen molar-refractivity contribution in [2.24, 2.45) is 13.0 Å². The maximum atomic E-state index is 12.5. The summed E-state index contributed by atoms with van der Waals surface area (Å²) in [6, 6.07) is 11.3. The molecule has 1 fully saturated rings. The summed E-state index contributed by atoms with van der Waals surface area (Å²) in [5, 5.41) is 5.21. The van der Waals surface area contributed by atoms with Crippen LogP contribution >= 0.6 is 0 Å². The van der Waals surface area contributed by atoms with Gasteiger partial charge in [0.2, 0.25) is 5.91 Å². The quantitative estimate of drug-likeness (QED) is 0.724. The molecule has 3 heterocycles. The predicted octanol–water partition coefficient (Wildman–Crippen LogP) is 1.44. The normalized spacial score (nSPS) is 14.7. The van der Waals surface area contributed by atoms with E-state index in [2.05, 4.69) is 21.8 Å². The summed E-state index contributed by atoms with van der Waals surface area (Å²) in [7, 11) is 2.00. The molecule has 0 spiro atoms. The zero-order valence-electron chi connectivity index (χ0n) is 14.1. The topological polar surface area (TPSA) is 60.1 Å². The van der Waals surface area contributed by atoms with Gasteiger partial charge in [-0.1, -0.05) is 18.2 Å². The second-order valence-corrected chi connectivity index (χ2v) is 6.67. The van der Waals surface area contributed by atoms with E-state index in [4.69, 9.17) is 0 Å². The molecular weight excluding hydrogens is 316 g/mol. The molecule has 6 nitrogen and oxygen atoms in total. The highest BCUT2D eigenvalue weighted by Crippen LogP contribution is 2.23. The number of para-hydroxylation sites is 1. The van der Waals surface area contributed by atoms with Crippen LogP contribution in [0.1, 0.15) is 5.56 Å². The van der Waals surface area contributed by atoms with E-state index in [9.17, 15) is 9.59 Å². The van der Waals surface area contributed by atoms with E-state index in [1.54, 1.807) is 12.3 Å². The van der Waals surface area contributed by atoms with Gasteiger partial charge in [-0.15, -0.1) is 0 Å². The fourth-order valence-corrected chi connectivity index (χ4v) is 3.50. The Balaban J connectivity index is 1.39. The van der Waals surface area contributed by atoms with Gasteiger partial charge in [-0.3, -0.25) is 9.59 Å². The number of nitrogens with zero attached hydrogens (tertiary/aromatic N) is 4. The molecule has 0 bridgehead atoms. The van der Waals surface area contributed by atoms with Gasteiger partial charge in [0.15, 0.2) is 0 Å². The molecule has 0 unspecified atom stereocenters.